The summed E-state index contributed by atoms with van der Waals surface area (Å²) in [7, 11) is -3.71. The number of nitrogens with one attached hydrogen (secondary N) is 2. The standard InChI is InChI=1S/C25H27N6O5P/c1-3-35-24(33)17(2)30-37(34,36-20-11-5-4-6-12-20)14-13-18-9-7-8-10-19(18)15-31-16-27-21-22(31)28-25(26)29-23(21)32/h4-14,16-17H,3,15H2,1-2H3,(H,30,34)(H3,26,28,29,32)/t17-,37?/m1/s1. The molecule has 0 aliphatic carbocycles. The minimum Gasteiger partial charge on any atom is -0.465 e. The van der Waals surface area contributed by atoms with E-state index >= 15 is 0 Å². The Morgan fingerprint density at radius 1 is 1.22 bits per heavy atom. The van der Waals surface area contributed by atoms with Crippen LogP contribution in [0.15, 0.2) is 71.5 Å². The predicted octanol–water partition coefficient (Wildman–Crippen LogP) is 3.53. The molecule has 0 radical (unpaired) electrons. The highest BCUT2D eigenvalue weighted by Gasteiger charge is 2.28. The van der Waals surface area contributed by atoms with Crippen LogP contribution in [0, 0.1) is 0 Å². The third-order valence-corrected chi connectivity index (χ3v) is 7.11. The lowest BCUT2D eigenvalue weighted by Gasteiger charge is -2.21. The molecule has 2 aromatic heterocycles. The number of hydrogen-bond donors (Lipinski definition) is 3. The molecule has 0 saturated carbocycles. The third kappa shape index (κ3) is 6.32. The van der Waals surface area contributed by atoms with Crippen LogP contribution in [-0.4, -0.2) is 38.1 Å². The topological polar surface area (TPSA) is 154 Å². The molecule has 192 valence electrons. The van der Waals surface area contributed by atoms with Gasteiger partial charge in [-0.05, 0) is 43.2 Å². The van der Waals surface area contributed by atoms with Crippen molar-refractivity contribution in [1.82, 2.24) is 24.6 Å². The number of carbonyl (C=O) groups excluding carboxylic acids is 1. The SMILES string of the molecule is CCOC(=O)[C@@H](C)NP(=O)(C=Cc1ccccc1Cn1cnc2c(=O)[nH]c(N)nc21)Oc1ccccc1. The van der Waals surface area contributed by atoms with Crippen LogP contribution < -0.4 is 20.9 Å². The minimum absolute atomic E-state index is 0.00627. The van der Waals surface area contributed by atoms with Gasteiger partial charge in [0, 0.05) is 5.82 Å². The number of aromatic amines is 1. The summed E-state index contributed by atoms with van der Waals surface area (Å²) < 4.78 is 26.4. The zero-order chi connectivity index (χ0) is 26.4. The number of ether oxygens (including phenoxy) is 1. The number of aromatic nitrogens is 4. The maximum absolute atomic E-state index is 13.8. The van der Waals surface area contributed by atoms with E-state index in [1.807, 2.05) is 30.3 Å². The van der Waals surface area contributed by atoms with E-state index in [4.69, 9.17) is 15.0 Å². The number of nitrogen functional groups attached to an aromatic ring is 1. The number of carbonyl (C=O) groups is 1. The lowest BCUT2D eigenvalue weighted by Crippen LogP contribution is -2.34. The van der Waals surface area contributed by atoms with Gasteiger partial charge in [-0.15, -0.1) is 0 Å². The van der Waals surface area contributed by atoms with Gasteiger partial charge in [0.05, 0.1) is 19.5 Å². The molecule has 4 aromatic rings. The summed E-state index contributed by atoms with van der Waals surface area (Å²) in [5, 5.41) is 2.79. The first-order valence-corrected chi connectivity index (χ1v) is 13.2. The second-order valence-electron chi connectivity index (χ2n) is 8.11. The van der Waals surface area contributed by atoms with Crippen LogP contribution in [-0.2, 0) is 20.6 Å². The molecule has 1 unspecified atom stereocenters. The average Bonchev–Trinajstić information content (AvgIpc) is 3.27. The van der Waals surface area contributed by atoms with Crippen molar-refractivity contribution in [1.29, 1.82) is 0 Å². The first kappa shape index (κ1) is 25.9. The van der Waals surface area contributed by atoms with Gasteiger partial charge in [0.25, 0.3) is 5.56 Å². The second-order valence-corrected chi connectivity index (χ2v) is 10.0. The largest absolute Gasteiger partial charge is 0.465 e. The molecule has 0 fully saturated rings. The van der Waals surface area contributed by atoms with E-state index in [1.54, 1.807) is 48.8 Å². The molecule has 2 aromatic carbocycles. The summed E-state index contributed by atoms with van der Waals surface area (Å²) in [6.07, 6.45) is 3.18. The molecule has 11 nitrogen and oxygen atoms in total. The van der Waals surface area contributed by atoms with Crippen LogP contribution >= 0.6 is 7.52 Å². The van der Waals surface area contributed by atoms with Gasteiger partial charge >= 0.3 is 13.5 Å². The highest BCUT2D eigenvalue weighted by molar-refractivity contribution is 7.60. The summed E-state index contributed by atoms with van der Waals surface area (Å²) in [4.78, 5) is 35.1. The minimum atomic E-state index is -3.71. The van der Waals surface area contributed by atoms with E-state index in [1.165, 1.54) is 12.1 Å². The molecule has 2 heterocycles. The summed E-state index contributed by atoms with van der Waals surface area (Å²) in [6.45, 7) is 3.78. The van der Waals surface area contributed by atoms with Crippen LogP contribution in [0.5, 0.6) is 5.75 Å². The molecule has 4 rings (SSSR count). The Morgan fingerprint density at radius 2 is 1.95 bits per heavy atom. The highest BCUT2D eigenvalue weighted by atomic mass is 31.2. The first-order valence-electron chi connectivity index (χ1n) is 11.5. The average molecular weight is 523 g/mol. The molecule has 12 heteroatoms. The smallest absolute Gasteiger partial charge is 0.340 e. The fourth-order valence-corrected chi connectivity index (χ4v) is 5.25. The summed E-state index contributed by atoms with van der Waals surface area (Å²) in [5.74, 6) is 1.25. The normalized spacial score (nSPS) is 13.9. The number of anilines is 1. The van der Waals surface area contributed by atoms with Gasteiger partial charge in [0.1, 0.15) is 11.8 Å². The van der Waals surface area contributed by atoms with E-state index in [2.05, 4.69) is 20.0 Å². The Hall–Kier alpha value is -4.21. The molecule has 0 saturated heterocycles. The summed E-state index contributed by atoms with van der Waals surface area (Å²) >= 11 is 0. The number of benzene rings is 2. The van der Waals surface area contributed by atoms with Crippen molar-refractivity contribution >= 4 is 36.7 Å². The zero-order valence-electron chi connectivity index (χ0n) is 20.3. The van der Waals surface area contributed by atoms with E-state index in [9.17, 15) is 14.2 Å². The zero-order valence-corrected chi connectivity index (χ0v) is 21.2. The van der Waals surface area contributed by atoms with Crippen LogP contribution in [0.3, 0.4) is 0 Å². The van der Waals surface area contributed by atoms with Gasteiger partial charge in [-0.2, -0.15) is 4.98 Å². The predicted molar refractivity (Wildman–Crippen MR) is 141 cm³/mol. The van der Waals surface area contributed by atoms with Crippen molar-refractivity contribution in [3.05, 3.63) is 88.2 Å². The quantitative estimate of drug-likeness (QED) is 0.210. The maximum Gasteiger partial charge on any atom is 0.340 e. The number of H-pyrrole nitrogens is 1. The van der Waals surface area contributed by atoms with E-state index in [0.29, 0.717) is 17.9 Å². The van der Waals surface area contributed by atoms with Gasteiger partial charge < -0.3 is 19.6 Å². The fourth-order valence-electron chi connectivity index (χ4n) is 3.62. The number of nitrogens with two attached hydrogens (primary N) is 1. The van der Waals surface area contributed by atoms with Crippen LogP contribution in [0.4, 0.5) is 5.95 Å². The van der Waals surface area contributed by atoms with Crippen molar-refractivity contribution in [2.45, 2.75) is 26.4 Å². The molecular weight excluding hydrogens is 495 g/mol. The summed E-state index contributed by atoms with van der Waals surface area (Å²) in [6, 6.07) is 15.3. The molecule has 0 aliphatic rings. The lowest BCUT2D eigenvalue weighted by atomic mass is 10.1. The number of para-hydroxylation sites is 1. The van der Waals surface area contributed by atoms with Crippen molar-refractivity contribution in [3.8, 4) is 5.75 Å². The van der Waals surface area contributed by atoms with Gasteiger partial charge in [-0.25, -0.2) is 10.1 Å². The van der Waals surface area contributed by atoms with E-state index in [-0.39, 0.29) is 18.1 Å². The molecule has 0 bridgehead atoms. The maximum atomic E-state index is 13.8. The van der Waals surface area contributed by atoms with Crippen LogP contribution in [0.1, 0.15) is 25.0 Å². The van der Waals surface area contributed by atoms with Crippen molar-refractivity contribution in [3.63, 3.8) is 0 Å². The van der Waals surface area contributed by atoms with Crippen LogP contribution in [0.25, 0.3) is 17.2 Å². The molecule has 4 N–H and O–H groups in total. The molecular formula is C25H27N6O5P. The highest BCUT2D eigenvalue weighted by Crippen LogP contribution is 2.46. The summed E-state index contributed by atoms with van der Waals surface area (Å²) in [5.41, 5.74) is 7.40. The van der Waals surface area contributed by atoms with Crippen LogP contribution in [0.2, 0.25) is 0 Å². The Bertz CT molecular complexity index is 1530. The Kier molecular flexibility index (Phi) is 7.86. The van der Waals surface area contributed by atoms with Crippen molar-refractivity contribution < 1.29 is 18.6 Å². The molecule has 37 heavy (non-hydrogen) atoms. The number of rotatable bonds is 10. The van der Waals surface area contributed by atoms with E-state index < -0.39 is 25.1 Å². The number of esters is 1. The Balaban J connectivity index is 1.65. The van der Waals surface area contributed by atoms with Crippen molar-refractivity contribution in [2.75, 3.05) is 12.3 Å². The first-order chi connectivity index (χ1) is 17.8. The second kappa shape index (κ2) is 11.2. The van der Waals surface area contributed by atoms with E-state index in [0.717, 1.165) is 11.1 Å². The van der Waals surface area contributed by atoms with Gasteiger partial charge in [-0.1, -0.05) is 42.5 Å². The number of nitrogens with zero attached hydrogens (tertiary/aromatic N) is 3. The fraction of sp³-hybridized carbons (Fsp3) is 0.200. The van der Waals surface area contributed by atoms with Gasteiger partial charge in [-0.3, -0.25) is 19.1 Å². The molecule has 0 amide bonds. The number of hydrogen-bond acceptors (Lipinski definition) is 8. The Morgan fingerprint density at radius 3 is 2.70 bits per heavy atom. The lowest BCUT2D eigenvalue weighted by molar-refractivity contribution is -0.144. The monoisotopic (exact) mass is 522 g/mol. The molecule has 0 spiro atoms. The van der Waals surface area contributed by atoms with Crippen molar-refractivity contribution in [2.24, 2.45) is 0 Å². The number of imidazole rings is 1. The molecule has 0 aliphatic heterocycles. The molecule has 2 atom stereocenters. The van der Waals surface area contributed by atoms with Gasteiger partial charge in [0.2, 0.25) is 5.95 Å². The third-order valence-electron chi connectivity index (χ3n) is 5.34. The van der Waals surface area contributed by atoms with Gasteiger partial charge in [0.15, 0.2) is 11.2 Å². The number of fused-ring (bicyclic) bond motifs is 1. The Labute approximate surface area is 212 Å².